The number of hydrogen-bond donors (Lipinski definition) is 1. The molecular weight excluding hydrogens is 189 g/mol. The average Bonchev–Trinajstić information content (AvgIpc) is 2.12. The first-order valence-electron chi connectivity index (χ1n) is 3.99. The molecule has 0 atom stereocenters. The number of rotatable bonds is 4. The monoisotopic (exact) mass is 199 g/mol. The van der Waals surface area contributed by atoms with Gasteiger partial charge in [-0.2, -0.15) is 0 Å². The highest BCUT2D eigenvalue weighted by molar-refractivity contribution is 6.31. The largest absolute Gasteiger partial charge is 0.362 e. The van der Waals surface area contributed by atoms with Crippen molar-refractivity contribution in [2.45, 2.75) is 6.42 Å². The summed E-state index contributed by atoms with van der Waals surface area (Å²) in [6.07, 6.45) is 1.92. The Labute approximate surface area is 82.2 Å². The van der Waals surface area contributed by atoms with Crippen molar-refractivity contribution < 1.29 is 4.39 Å². The summed E-state index contributed by atoms with van der Waals surface area (Å²) in [7, 11) is 0. The molecule has 1 aromatic rings. The number of halogens is 2. The fourth-order valence-electron chi connectivity index (χ4n) is 1.08. The van der Waals surface area contributed by atoms with E-state index < -0.39 is 6.67 Å². The molecule has 0 fully saturated rings. The Morgan fingerprint density at radius 2 is 2.31 bits per heavy atom. The summed E-state index contributed by atoms with van der Waals surface area (Å²) in [5.41, 5.74) is 1.69. The van der Waals surface area contributed by atoms with Gasteiger partial charge < -0.3 is 5.32 Å². The van der Waals surface area contributed by atoms with Gasteiger partial charge in [-0.25, -0.2) is 0 Å². The second kappa shape index (κ2) is 4.87. The van der Waals surface area contributed by atoms with Gasteiger partial charge in [-0.15, -0.1) is 0 Å². The van der Waals surface area contributed by atoms with Gasteiger partial charge in [-0.1, -0.05) is 18.2 Å². The standard InChI is InChI=1S/C10H11ClFN/c1-2-13-9-3-4-10(11)8(7-9)5-6-12/h2-4,7,13H,1,5-6H2. The lowest BCUT2D eigenvalue weighted by atomic mass is 10.1. The third-order valence-corrected chi connectivity index (χ3v) is 2.05. The van der Waals surface area contributed by atoms with Gasteiger partial charge in [0.15, 0.2) is 0 Å². The summed E-state index contributed by atoms with van der Waals surface area (Å²) < 4.78 is 12.1. The Kier molecular flexibility index (Phi) is 3.77. The van der Waals surface area contributed by atoms with Crippen molar-refractivity contribution in [3.63, 3.8) is 0 Å². The molecular formula is C10H11ClFN. The first kappa shape index (κ1) is 10.1. The zero-order valence-electron chi connectivity index (χ0n) is 7.19. The van der Waals surface area contributed by atoms with Crippen LogP contribution < -0.4 is 5.32 Å². The Morgan fingerprint density at radius 3 is 2.92 bits per heavy atom. The fraction of sp³-hybridized carbons (Fsp3) is 0.200. The smallest absolute Gasteiger partial charge is 0.0935 e. The van der Waals surface area contributed by atoms with Crippen LogP contribution in [0.4, 0.5) is 10.1 Å². The van der Waals surface area contributed by atoms with Crippen molar-refractivity contribution in [1.29, 1.82) is 0 Å². The summed E-state index contributed by atoms with van der Waals surface area (Å²) in [5.74, 6) is 0. The zero-order valence-corrected chi connectivity index (χ0v) is 7.94. The van der Waals surface area contributed by atoms with Crippen LogP contribution in [0.3, 0.4) is 0 Å². The van der Waals surface area contributed by atoms with E-state index in [1.165, 1.54) is 0 Å². The van der Waals surface area contributed by atoms with Gasteiger partial charge >= 0.3 is 0 Å². The van der Waals surface area contributed by atoms with E-state index in [1.807, 2.05) is 12.1 Å². The minimum absolute atomic E-state index is 0.353. The molecule has 1 N–H and O–H groups in total. The maximum Gasteiger partial charge on any atom is 0.0935 e. The summed E-state index contributed by atoms with van der Waals surface area (Å²) in [4.78, 5) is 0. The van der Waals surface area contributed by atoms with Gasteiger partial charge in [-0.05, 0) is 30.0 Å². The van der Waals surface area contributed by atoms with Crippen molar-refractivity contribution >= 4 is 17.3 Å². The van der Waals surface area contributed by atoms with E-state index in [9.17, 15) is 4.39 Å². The van der Waals surface area contributed by atoms with Crippen LogP contribution in [-0.4, -0.2) is 6.67 Å². The van der Waals surface area contributed by atoms with Crippen molar-refractivity contribution in [2.75, 3.05) is 12.0 Å². The van der Waals surface area contributed by atoms with Gasteiger partial charge in [-0.3, -0.25) is 4.39 Å². The second-order valence-electron chi connectivity index (χ2n) is 2.59. The molecule has 0 saturated carbocycles. The highest BCUT2D eigenvalue weighted by Crippen LogP contribution is 2.21. The van der Waals surface area contributed by atoms with Crippen LogP contribution in [0.1, 0.15) is 5.56 Å². The van der Waals surface area contributed by atoms with E-state index >= 15 is 0 Å². The Bertz CT molecular complexity index is 299. The van der Waals surface area contributed by atoms with Crippen LogP contribution >= 0.6 is 11.6 Å². The highest BCUT2D eigenvalue weighted by Gasteiger charge is 2.00. The number of benzene rings is 1. The Balaban J connectivity index is 2.89. The number of alkyl halides is 1. The predicted octanol–water partition coefficient (Wildman–Crippen LogP) is 3.41. The van der Waals surface area contributed by atoms with Crippen LogP contribution in [0.15, 0.2) is 31.0 Å². The molecule has 3 heteroatoms. The molecule has 0 saturated heterocycles. The zero-order chi connectivity index (χ0) is 9.68. The molecule has 0 spiro atoms. The van der Waals surface area contributed by atoms with Gasteiger partial charge in [0.1, 0.15) is 0 Å². The minimum Gasteiger partial charge on any atom is -0.362 e. The van der Waals surface area contributed by atoms with Crippen molar-refractivity contribution in [3.8, 4) is 0 Å². The second-order valence-corrected chi connectivity index (χ2v) is 3.00. The lowest BCUT2D eigenvalue weighted by Gasteiger charge is -2.05. The van der Waals surface area contributed by atoms with E-state index in [0.717, 1.165) is 11.3 Å². The van der Waals surface area contributed by atoms with Crippen LogP contribution in [0.2, 0.25) is 5.02 Å². The van der Waals surface area contributed by atoms with E-state index in [2.05, 4.69) is 11.9 Å². The van der Waals surface area contributed by atoms with E-state index in [1.54, 1.807) is 12.3 Å². The molecule has 0 bridgehead atoms. The first-order valence-corrected chi connectivity index (χ1v) is 4.37. The molecule has 0 unspecified atom stereocenters. The van der Waals surface area contributed by atoms with E-state index in [4.69, 9.17) is 11.6 Å². The molecule has 0 amide bonds. The van der Waals surface area contributed by atoms with Crippen molar-refractivity contribution in [2.24, 2.45) is 0 Å². The molecule has 0 heterocycles. The maximum atomic E-state index is 12.1. The normalized spacial score (nSPS) is 9.69. The highest BCUT2D eigenvalue weighted by atomic mass is 35.5. The first-order chi connectivity index (χ1) is 6.27. The van der Waals surface area contributed by atoms with Crippen molar-refractivity contribution in [3.05, 3.63) is 41.6 Å². The minimum atomic E-state index is -0.392. The summed E-state index contributed by atoms with van der Waals surface area (Å²) in [6.45, 7) is 3.14. The predicted molar refractivity (Wildman–Crippen MR) is 55.0 cm³/mol. The summed E-state index contributed by atoms with van der Waals surface area (Å²) in [6, 6.07) is 5.40. The lowest BCUT2D eigenvalue weighted by Crippen LogP contribution is -1.92. The molecule has 0 aliphatic carbocycles. The van der Waals surface area contributed by atoms with Crippen LogP contribution in [-0.2, 0) is 6.42 Å². The van der Waals surface area contributed by atoms with Crippen LogP contribution in [0.25, 0.3) is 0 Å². The van der Waals surface area contributed by atoms with Gasteiger partial charge in [0.05, 0.1) is 6.67 Å². The van der Waals surface area contributed by atoms with Gasteiger partial charge in [0, 0.05) is 17.1 Å². The fourth-order valence-corrected chi connectivity index (χ4v) is 1.29. The Morgan fingerprint density at radius 1 is 1.54 bits per heavy atom. The molecule has 1 rings (SSSR count). The summed E-state index contributed by atoms with van der Waals surface area (Å²) in [5, 5.41) is 3.52. The maximum absolute atomic E-state index is 12.1. The molecule has 1 aromatic carbocycles. The average molecular weight is 200 g/mol. The molecule has 0 radical (unpaired) electrons. The van der Waals surface area contributed by atoms with Crippen LogP contribution in [0.5, 0.6) is 0 Å². The molecule has 0 aromatic heterocycles. The quantitative estimate of drug-likeness (QED) is 0.784. The topological polar surface area (TPSA) is 12.0 Å². The van der Waals surface area contributed by atoms with E-state index in [0.29, 0.717) is 11.4 Å². The molecule has 1 nitrogen and oxygen atoms in total. The van der Waals surface area contributed by atoms with Gasteiger partial charge in [0.2, 0.25) is 0 Å². The summed E-state index contributed by atoms with van der Waals surface area (Å²) >= 11 is 5.85. The SMILES string of the molecule is C=CNc1ccc(Cl)c(CCF)c1. The van der Waals surface area contributed by atoms with Crippen LogP contribution in [0, 0.1) is 0 Å². The molecule has 0 aliphatic rings. The number of hydrogen-bond acceptors (Lipinski definition) is 1. The lowest BCUT2D eigenvalue weighted by molar-refractivity contribution is 0.495. The molecule has 13 heavy (non-hydrogen) atoms. The molecule has 0 aliphatic heterocycles. The van der Waals surface area contributed by atoms with E-state index in [-0.39, 0.29) is 0 Å². The third-order valence-electron chi connectivity index (χ3n) is 1.68. The number of nitrogens with one attached hydrogen (secondary N) is 1. The van der Waals surface area contributed by atoms with Crippen molar-refractivity contribution in [1.82, 2.24) is 0 Å². The molecule has 70 valence electrons. The Hall–Kier alpha value is -1.02. The third kappa shape index (κ3) is 2.74. The number of anilines is 1. The van der Waals surface area contributed by atoms with Gasteiger partial charge in [0.25, 0.3) is 0 Å². The number of aryl methyl sites for hydroxylation is 1.